The second kappa shape index (κ2) is 6.26. The van der Waals surface area contributed by atoms with E-state index in [1.54, 1.807) is 11.3 Å². The highest BCUT2D eigenvalue weighted by Crippen LogP contribution is 2.52. The number of aryl methyl sites for hydroxylation is 1. The van der Waals surface area contributed by atoms with Crippen LogP contribution in [0.25, 0.3) is 10.4 Å². The van der Waals surface area contributed by atoms with Gasteiger partial charge in [0.05, 0.1) is 11.5 Å². The van der Waals surface area contributed by atoms with Crippen molar-refractivity contribution in [3.05, 3.63) is 46.8 Å². The Hall–Kier alpha value is -1.65. The summed E-state index contributed by atoms with van der Waals surface area (Å²) in [6.45, 7) is 4.41. The highest BCUT2D eigenvalue weighted by molar-refractivity contribution is 7.17. The number of aliphatic hydroxyl groups is 1. The first kappa shape index (κ1) is 16.8. The number of thiophene rings is 1. The number of hydrogen-bond acceptors (Lipinski definition) is 3. The molecule has 2 aliphatic heterocycles. The lowest BCUT2D eigenvalue weighted by Crippen LogP contribution is -2.42. The molecule has 1 amide bonds. The van der Waals surface area contributed by atoms with Crippen LogP contribution in [0.3, 0.4) is 0 Å². The van der Waals surface area contributed by atoms with E-state index in [2.05, 4.69) is 30.9 Å². The van der Waals surface area contributed by atoms with E-state index in [9.17, 15) is 9.90 Å². The van der Waals surface area contributed by atoms with Gasteiger partial charge in [0.1, 0.15) is 0 Å². The average Bonchev–Trinajstić information content (AvgIpc) is 3.33. The second-order valence-electron chi connectivity index (χ2n) is 7.53. The van der Waals surface area contributed by atoms with E-state index in [1.807, 2.05) is 24.3 Å². The largest absolute Gasteiger partial charge is 0.396 e. The molecule has 25 heavy (non-hydrogen) atoms. The first-order valence-electron chi connectivity index (χ1n) is 9.19. The maximum absolute atomic E-state index is 13.3. The van der Waals surface area contributed by atoms with Crippen molar-refractivity contribution in [2.45, 2.75) is 51.6 Å². The summed E-state index contributed by atoms with van der Waals surface area (Å²) in [5, 5.41) is 9.97. The van der Waals surface area contributed by atoms with E-state index in [-0.39, 0.29) is 24.0 Å². The highest BCUT2D eigenvalue weighted by atomic mass is 32.1. The number of amides is 1. The summed E-state index contributed by atoms with van der Waals surface area (Å²) >= 11 is 1.60. The number of fused-ring (bicyclic) bond motifs is 2. The summed E-state index contributed by atoms with van der Waals surface area (Å²) in [7, 11) is 0. The zero-order valence-electron chi connectivity index (χ0n) is 14.9. The van der Waals surface area contributed by atoms with Crippen LogP contribution in [0.5, 0.6) is 0 Å². The zero-order valence-corrected chi connectivity index (χ0v) is 15.7. The Balaban J connectivity index is 1.65. The second-order valence-corrected chi connectivity index (χ2v) is 8.58. The molecule has 3 heterocycles. The maximum atomic E-state index is 13.3. The van der Waals surface area contributed by atoms with Crippen molar-refractivity contribution in [2.75, 3.05) is 6.61 Å². The normalized spacial score (nSPS) is 27.9. The fourth-order valence-electron chi connectivity index (χ4n) is 4.85. The van der Waals surface area contributed by atoms with E-state index >= 15 is 0 Å². The van der Waals surface area contributed by atoms with Crippen LogP contribution in [0.1, 0.15) is 47.8 Å². The fraction of sp³-hybridized carbons (Fsp3) is 0.476. The fourth-order valence-corrected chi connectivity index (χ4v) is 5.97. The molecule has 1 aromatic heterocycles. The van der Waals surface area contributed by atoms with Crippen LogP contribution in [0.2, 0.25) is 0 Å². The molecule has 2 aliphatic rings. The van der Waals surface area contributed by atoms with Crippen molar-refractivity contribution in [1.82, 2.24) is 4.90 Å². The third-order valence-electron chi connectivity index (χ3n) is 6.27. The number of benzene rings is 1. The van der Waals surface area contributed by atoms with Gasteiger partial charge in [-0.1, -0.05) is 37.3 Å². The summed E-state index contributed by atoms with van der Waals surface area (Å²) in [4.78, 5) is 17.4. The lowest BCUT2D eigenvalue weighted by Gasteiger charge is -2.34. The molecule has 3 nitrogen and oxygen atoms in total. The van der Waals surface area contributed by atoms with Gasteiger partial charge in [-0.05, 0) is 49.8 Å². The molecule has 4 heteroatoms. The molecule has 0 spiro atoms. The Morgan fingerprint density at radius 3 is 2.72 bits per heavy atom. The van der Waals surface area contributed by atoms with Gasteiger partial charge in [-0.15, -0.1) is 11.3 Å². The number of carbonyl (C=O) groups is 1. The number of nitrogens with zero attached hydrogens (tertiary/aromatic N) is 1. The molecule has 2 bridgehead atoms. The SMILES string of the molecule is CC[C@@]1(CO)C[C@@H]2CC[C@H]1N2C(=O)c1cc(C)c(-c2ccccc2)s1. The molecular weight excluding hydrogens is 330 g/mol. The van der Waals surface area contributed by atoms with E-state index in [1.165, 1.54) is 10.4 Å². The highest BCUT2D eigenvalue weighted by Gasteiger charge is 2.56. The molecule has 0 saturated carbocycles. The summed E-state index contributed by atoms with van der Waals surface area (Å²) in [5.41, 5.74) is 2.24. The lowest BCUT2D eigenvalue weighted by atomic mass is 9.72. The average molecular weight is 356 g/mol. The van der Waals surface area contributed by atoms with Gasteiger partial charge in [0.2, 0.25) is 0 Å². The summed E-state index contributed by atoms with van der Waals surface area (Å²) in [5.74, 6) is 0.159. The minimum atomic E-state index is -0.0901. The predicted molar refractivity (Wildman–Crippen MR) is 102 cm³/mol. The standard InChI is InChI=1S/C21H25NO2S/c1-3-21(13-23)12-16-9-10-18(21)22(16)20(24)17-11-14(2)19(25-17)15-7-5-4-6-8-15/h4-8,11,16,18,23H,3,9-10,12-13H2,1-2H3/t16-,18+,21-/m0/s1. The van der Waals surface area contributed by atoms with Crippen LogP contribution in [-0.4, -0.2) is 34.6 Å². The predicted octanol–water partition coefficient (Wildman–Crippen LogP) is 4.49. The van der Waals surface area contributed by atoms with Crippen molar-refractivity contribution in [3.63, 3.8) is 0 Å². The van der Waals surface area contributed by atoms with Crippen LogP contribution in [-0.2, 0) is 0 Å². The maximum Gasteiger partial charge on any atom is 0.264 e. The zero-order chi connectivity index (χ0) is 17.6. The number of aliphatic hydroxyl groups excluding tert-OH is 1. The van der Waals surface area contributed by atoms with Crippen molar-refractivity contribution in [3.8, 4) is 10.4 Å². The topological polar surface area (TPSA) is 40.5 Å². The van der Waals surface area contributed by atoms with E-state index in [0.29, 0.717) is 6.04 Å². The van der Waals surface area contributed by atoms with Crippen LogP contribution in [0.15, 0.2) is 36.4 Å². The Bertz CT molecular complexity index is 778. The molecule has 0 aliphatic carbocycles. The van der Waals surface area contributed by atoms with Gasteiger partial charge < -0.3 is 10.0 Å². The molecular formula is C21H25NO2S. The van der Waals surface area contributed by atoms with E-state index in [0.717, 1.165) is 36.1 Å². The first-order chi connectivity index (χ1) is 12.1. The summed E-state index contributed by atoms with van der Waals surface area (Å²) < 4.78 is 0. The third kappa shape index (κ3) is 2.54. The van der Waals surface area contributed by atoms with Gasteiger partial charge in [0, 0.05) is 22.4 Å². The Kier molecular flexibility index (Phi) is 4.20. The minimum absolute atomic E-state index is 0.0901. The summed E-state index contributed by atoms with van der Waals surface area (Å²) in [6.07, 6.45) is 3.99. The van der Waals surface area contributed by atoms with E-state index in [4.69, 9.17) is 0 Å². The molecule has 0 radical (unpaired) electrons. The molecule has 0 unspecified atom stereocenters. The van der Waals surface area contributed by atoms with Gasteiger partial charge in [-0.3, -0.25) is 4.79 Å². The van der Waals surface area contributed by atoms with Gasteiger partial charge in [0.15, 0.2) is 0 Å². The van der Waals surface area contributed by atoms with Gasteiger partial charge >= 0.3 is 0 Å². The Morgan fingerprint density at radius 1 is 1.32 bits per heavy atom. The van der Waals surface area contributed by atoms with E-state index < -0.39 is 0 Å². The van der Waals surface area contributed by atoms with Crippen molar-refractivity contribution < 1.29 is 9.90 Å². The molecule has 2 saturated heterocycles. The van der Waals surface area contributed by atoms with Gasteiger partial charge in [-0.25, -0.2) is 0 Å². The molecule has 1 N–H and O–H groups in total. The smallest absolute Gasteiger partial charge is 0.264 e. The minimum Gasteiger partial charge on any atom is -0.396 e. The van der Waals surface area contributed by atoms with Gasteiger partial charge in [-0.2, -0.15) is 0 Å². The molecule has 132 valence electrons. The summed E-state index contributed by atoms with van der Waals surface area (Å²) in [6, 6.07) is 12.8. The Morgan fingerprint density at radius 2 is 2.08 bits per heavy atom. The van der Waals surface area contributed by atoms with Gasteiger partial charge in [0.25, 0.3) is 5.91 Å². The number of hydrogen-bond donors (Lipinski definition) is 1. The number of carbonyl (C=O) groups excluding carboxylic acids is 1. The van der Waals surface area contributed by atoms with Crippen molar-refractivity contribution in [2.24, 2.45) is 5.41 Å². The van der Waals surface area contributed by atoms with Crippen molar-refractivity contribution in [1.29, 1.82) is 0 Å². The molecule has 4 rings (SSSR count). The monoisotopic (exact) mass is 355 g/mol. The lowest BCUT2D eigenvalue weighted by molar-refractivity contribution is 0.0560. The quantitative estimate of drug-likeness (QED) is 0.878. The van der Waals surface area contributed by atoms with Crippen molar-refractivity contribution >= 4 is 17.2 Å². The third-order valence-corrected chi connectivity index (χ3v) is 7.54. The first-order valence-corrected chi connectivity index (χ1v) is 10.0. The van der Waals surface area contributed by atoms with Crippen LogP contribution >= 0.6 is 11.3 Å². The van der Waals surface area contributed by atoms with Crippen LogP contribution in [0.4, 0.5) is 0 Å². The van der Waals surface area contributed by atoms with Crippen LogP contribution in [0, 0.1) is 12.3 Å². The Labute approximate surface area is 153 Å². The van der Waals surface area contributed by atoms with Crippen LogP contribution < -0.4 is 0 Å². The molecule has 2 fully saturated rings. The molecule has 2 aromatic rings. The number of rotatable bonds is 4. The molecule has 1 aromatic carbocycles. The molecule has 3 atom stereocenters.